The van der Waals surface area contributed by atoms with E-state index >= 15 is 0 Å². The van der Waals surface area contributed by atoms with Gasteiger partial charge in [-0.1, -0.05) is 18.6 Å². The predicted octanol–water partition coefficient (Wildman–Crippen LogP) is 5.75. The molecule has 5 heterocycles. The molecule has 37 heavy (non-hydrogen) atoms. The number of imidazole rings is 1. The van der Waals surface area contributed by atoms with Crippen LogP contribution in [0.5, 0.6) is 11.6 Å². The maximum atomic E-state index is 6.11. The van der Waals surface area contributed by atoms with Crippen molar-refractivity contribution in [1.82, 2.24) is 30.0 Å². The van der Waals surface area contributed by atoms with E-state index in [4.69, 9.17) is 9.72 Å². The number of aromatic amines is 2. The zero-order chi connectivity index (χ0) is 24.6. The van der Waals surface area contributed by atoms with Crippen molar-refractivity contribution in [1.29, 1.82) is 0 Å². The number of ether oxygens (including phenoxy) is 1. The Bertz CT molecular complexity index is 1510. The zero-order valence-electron chi connectivity index (χ0n) is 20.9. The fourth-order valence-electron chi connectivity index (χ4n) is 5.90. The normalized spacial score (nSPS) is 17.6. The molecule has 0 spiro atoms. The number of nitrogens with zero attached hydrogens (tertiary/aromatic N) is 5. The van der Waals surface area contributed by atoms with Gasteiger partial charge in [-0.15, -0.1) is 0 Å². The van der Waals surface area contributed by atoms with Gasteiger partial charge in [0.05, 0.1) is 21.9 Å². The molecular weight excluding hydrogens is 462 g/mol. The SMILES string of the molecule is c1ccc(Oc2cccc3[nH]nc(-c4nc5ccc(N6CCC(N7CCCCC7)CC6)cc5[nH]4)c23)nc1. The molecule has 2 aromatic carbocycles. The summed E-state index contributed by atoms with van der Waals surface area (Å²) in [5.41, 5.74) is 4.83. The van der Waals surface area contributed by atoms with Crippen molar-refractivity contribution in [2.45, 2.75) is 38.1 Å². The molecule has 2 fully saturated rings. The molecule has 2 N–H and O–H groups in total. The largest absolute Gasteiger partial charge is 0.438 e. The van der Waals surface area contributed by atoms with E-state index in [-0.39, 0.29) is 0 Å². The average molecular weight is 494 g/mol. The van der Waals surface area contributed by atoms with Gasteiger partial charge in [0.15, 0.2) is 5.82 Å². The van der Waals surface area contributed by atoms with Crippen LogP contribution in [0.1, 0.15) is 32.1 Å². The number of aromatic nitrogens is 5. The second-order valence-electron chi connectivity index (χ2n) is 10.1. The topological polar surface area (TPSA) is 86.0 Å². The number of benzene rings is 2. The van der Waals surface area contributed by atoms with Crippen LogP contribution in [0.15, 0.2) is 60.8 Å². The Morgan fingerprint density at radius 1 is 0.865 bits per heavy atom. The van der Waals surface area contributed by atoms with Gasteiger partial charge in [0.1, 0.15) is 11.4 Å². The molecule has 188 valence electrons. The molecule has 0 amide bonds. The first-order valence-electron chi connectivity index (χ1n) is 13.4. The molecule has 2 aliphatic rings. The van der Waals surface area contributed by atoms with Crippen LogP contribution in [0.2, 0.25) is 0 Å². The number of fused-ring (bicyclic) bond motifs is 2. The lowest BCUT2D eigenvalue weighted by Crippen LogP contribution is -2.46. The van der Waals surface area contributed by atoms with E-state index in [0.717, 1.165) is 52.6 Å². The summed E-state index contributed by atoms with van der Waals surface area (Å²) < 4.78 is 6.11. The van der Waals surface area contributed by atoms with Crippen LogP contribution in [0.4, 0.5) is 5.69 Å². The standard InChI is InChI=1S/C29H31N7O/c1-4-15-35(16-5-1)20-12-17-36(18-13-20)21-10-11-22-24(19-21)32-29(31-22)28-27-23(33-34-28)7-6-8-25(27)37-26-9-2-3-14-30-26/h2-3,6-11,14,19-20H,1,4-5,12-13,15-18H2,(H,31,32)(H,33,34). The average Bonchev–Trinajstić information content (AvgIpc) is 3.59. The van der Waals surface area contributed by atoms with Crippen molar-refractivity contribution in [2.75, 3.05) is 31.1 Å². The third kappa shape index (κ3) is 4.31. The fourth-order valence-corrected chi connectivity index (χ4v) is 5.90. The maximum Gasteiger partial charge on any atom is 0.219 e. The molecule has 5 aromatic rings. The van der Waals surface area contributed by atoms with Gasteiger partial charge in [-0.25, -0.2) is 9.97 Å². The van der Waals surface area contributed by atoms with Gasteiger partial charge in [0.25, 0.3) is 0 Å². The van der Waals surface area contributed by atoms with Gasteiger partial charge < -0.3 is 19.5 Å². The van der Waals surface area contributed by atoms with Gasteiger partial charge in [0.2, 0.25) is 5.88 Å². The highest BCUT2D eigenvalue weighted by Gasteiger charge is 2.26. The molecule has 2 aliphatic heterocycles. The van der Waals surface area contributed by atoms with Gasteiger partial charge in [-0.05, 0) is 75.2 Å². The number of rotatable bonds is 5. The summed E-state index contributed by atoms with van der Waals surface area (Å²) in [7, 11) is 0. The van der Waals surface area contributed by atoms with Crippen LogP contribution in [0.3, 0.4) is 0 Å². The molecule has 7 rings (SSSR count). The molecule has 2 saturated heterocycles. The number of pyridine rings is 1. The molecule has 0 atom stereocenters. The number of H-pyrrole nitrogens is 2. The summed E-state index contributed by atoms with van der Waals surface area (Å²) in [5.74, 6) is 1.96. The summed E-state index contributed by atoms with van der Waals surface area (Å²) in [6.45, 7) is 4.77. The minimum atomic E-state index is 0.542. The number of hydrogen-bond donors (Lipinski definition) is 2. The summed E-state index contributed by atoms with van der Waals surface area (Å²) in [5, 5.41) is 8.60. The van der Waals surface area contributed by atoms with E-state index in [0.29, 0.717) is 11.6 Å². The number of nitrogens with one attached hydrogen (secondary N) is 2. The molecule has 8 heteroatoms. The lowest BCUT2D eigenvalue weighted by atomic mass is 9.99. The summed E-state index contributed by atoms with van der Waals surface area (Å²) in [4.78, 5) is 17.9. The molecule has 8 nitrogen and oxygen atoms in total. The van der Waals surface area contributed by atoms with Crippen LogP contribution in [-0.4, -0.2) is 62.3 Å². The van der Waals surface area contributed by atoms with Gasteiger partial charge in [0, 0.05) is 37.1 Å². The van der Waals surface area contributed by atoms with E-state index in [1.807, 2.05) is 36.4 Å². The first-order valence-corrected chi connectivity index (χ1v) is 13.4. The summed E-state index contributed by atoms with van der Waals surface area (Å²) in [6.07, 6.45) is 8.32. The van der Waals surface area contributed by atoms with Gasteiger partial charge >= 0.3 is 0 Å². The molecule has 0 aliphatic carbocycles. The Kier molecular flexibility index (Phi) is 5.74. The number of hydrogen-bond acceptors (Lipinski definition) is 6. The number of anilines is 1. The minimum absolute atomic E-state index is 0.542. The Morgan fingerprint density at radius 2 is 1.76 bits per heavy atom. The Morgan fingerprint density at radius 3 is 2.59 bits per heavy atom. The molecule has 0 bridgehead atoms. The van der Waals surface area contributed by atoms with Crippen LogP contribution in [0.25, 0.3) is 33.5 Å². The van der Waals surface area contributed by atoms with Crippen molar-refractivity contribution < 1.29 is 4.74 Å². The highest BCUT2D eigenvalue weighted by atomic mass is 16.5. The van der Waals surface area contributed by atoms with Crippen LogP contribution >= 0.6 is 0 Å². The highest BCUT2D eigenvalue weighted by Crippen LogP contribution is 2.36. The molecule has 3 aromatic heterocycles. The molecule has 0 unspecified atom stereocenters. The van der Waals surface area contributed by atoms with E-state index in [9.17, 15) is 0 Å². The van der Waals surface area contributed by atoms with Gasteiger partial charge in [-0.2, -0.15) is 5.10 Å². The van der Waals surface area contributed by atoms with Crippen molar-refractivity contribution in [3.05, 3.63) is 60.8 Å². The fraction of sp³-hybridized carbons (Fsp3) is 0.345. The highest BCUT2D eigenvalue weighted by molar-refractivity contribution is 5.97. The lowest BCUT2D eigenvalue weighted by Gasteiger charge is -2.41. The molecule has 0 radical (unpaired) electrons. The molecule has 0 saturated carbocycles. The van der Waals surface area contributed by atoms with E-state index in [2.05, 4.69) is 48.2 Å². The van der Waals surface area contributed by atoms with Crippen LogP contribution in [0, 0.1) is 0 Å². The van der Waals surface area contributed by atoms with E-state index in [1.54, 1.807) is 6.20 Å². The number of likely N-dealkylation sites (tertiary alicyclic amines) is 1. The first-order chi connectivity index (χ1) is 18.3. The van der Waals surface area contributed by atoms with Crippen LogP contribution in [-0.2, 0) is 0 Å². The Balaban J connectivity index is 1.15. The predicted molar refractivity (Wildman–Crippen MR) is 146 cm³/mol. The zero-order valence-corrected chi connectivity index (χ0v) is 20.9. The Hall–Kier alpha value is -3.91. The lowest BCUT2D eigenvalue weighted by molar-refractivity contribution is 0.141. The van der Waals surface area contributed by atoms with Crippen LogP contribution < -0.4 is 9.64 Å². The van der Waals surface area contributed by atoms with E-state index in [1.165, 1.54) is 50.9 Å². The summed E-state index contributed by atoms with van der Waals surface area (Å²) >= 11 is 0. The minimum Gasteiger partial charge on any atom is -0.438 e. The van der Waals surface area contributed by atoms with Crippen molar-refractivity contribution in [3.8, 4) is 23.1 Å². The maximum absolute atomic E-state index is 6.11. The summed E-state index contributed by atoms with van der Waals surface area (Å²) in [6, 6.07) is 18.8. The van der Waals surface area contributed by atoms with E-state index < -0.39 is 0 Å². The second-order valence-corrected chi connectivity index (χ2v) is 10.1. The van der Waals surface area contributed by atoms with Crippen molar-refractivity contribution in [3.63, 3.8) is 0 Å². The molecular formula is C29H31N7O. The van der Waals surface area contributed by atoms with Crippen molar-refractivity contribution >= 4 is 27.6 Å². The Labute approximate surface area is 215 Å². The van der Waals surface area contributed by atoms with Crippen molar-refractivity contribution in [2.24, 2.45) is 0 Å². The number of piperidine rings is 2. The third-order valence-corrected chi connectivity index (χ3v) is 7.83. The second kappa shape index (κ2) is 9.52. The monoisotopic (exact) mass is 493 g/mol. The first kappa shape index (κ1) is 22.3. The quantitative estimate of drug-likeness (QED) is 0.324. The third-order valence-electron chi connectivity index (χ3n) is 7.83. The smallest absolute Gasteiger partial charge is 0.219 e. The van der Waals surface area contributed by atoms with Gasteiger partial charge in [-0.3, -0.25) is 5.10 Å².